The molecule has 232 valence electrons. The van der Waals surface area contributed by atoms with Gasteiger partial charge in [-0.15, -0.1) is 0 Å². The number of nitrogens with one attached hydrogen (secondary N) is 1. The molecule has 8 atom stereocenters. The van der Waals surface area contributed by atoms with Crippen LogP contribution in [-0.2, 0) is 19.1 Å². The fourth-order valence-corrected chi connectivity index (χ4v) is 9.91. The first-order valence-corrected chi connectivity index (χ1v) is 16.5. The monoisotopic (exact) mass is 600 g/mol. The Morgan fingerprint density at radius 3 is 1.67 bits per heavy atom. The Balaban J connectivity index is 1.29. The van der Waals surface area contributed by atoms with Crippen LogP contribution < -0.4 is 5.32 Å². The van der Waals surface area contributed by atoms with Gasteiger partial charge in [-0.1, -0.05) is 25.0 Å². The van der Waals surface area contributed by atoms with Crippen LogP contribution in [0.15, 0.2) is 22.3 Å². The molecular formula is C33H48N2O6S. The summed E-state index contributed by atoms with van der Waals surface area (Å²) < 4.78 is 12.0. The molecule has 4 aliphatic carbocycles. The minimum absolute atomic E-state index is 0.0690. The number of hydrogen-bond acceptors (Lipinski definition) is 7. The summed E-state index contributed by atoms with van der Waals surface area (Å²) in [6, 6.07) is 0. The van der Waals surface area contributed by atoms with Gasteiger partial charge in [-0.3, -0.25) is 9.59 Å². The van der Waals surface area contributed by atoms with Crippen molar-refractivity contribution in [1.82, 2.24) is 10.2 Å². The second-order valence-electron chi connectivity index (χ2n) is 14.7. The number of esters is 2. The molecule has 3 N–H and O–H groups in total. The lowest BCUT2D eigenvalue weighted by Gasteiger charge is -2.50. The zero-order chi connectivity index (χ0) is 30.2. The van der Waals surface area contributed by atoms with E-state index in [1.165, 1.54) is 11.1 Å². The number of nitrogens with zero attached hydrogens (tertiary/aromatic N) is 1. The molecule has 8 nitrogen and oxygen atoms in total. The van der Waals surface area contributed by atoms with Crippen molar-refractivity contribution in [1.29, 1.82) is 0 Å². The number of ether oxygens (including phenoxy) is 2. The summed E-state index contributed by atoms with van der Waals surface area (Å²) in [5.41, 5.74) is 1.79. The lowest BCUT2D eigenvalue weighted by Crippen LogP contribution is -2.58. The van der Waals surface area contributed by atoms with Crippen LogP contribution >= 0.6 is 12.2 Å². The molecule has 0 amide bonds. The van der Waals surface area contributed by atoms with E-state index in [9.17, 15) is 19.8 Å². The summed E-state index contributed by atoms with van der Waals surface area (Å²) in [6.07, 6.45) is 7.38. The van der Waals surface area contributed by atoms with Crippen molar-refractivity contribution in [2.75, 3.05) is 19.6 Å². The maximum atomic E-state index is 13.5. The van der Waals surface area contributed by atoms with Crippen LogP contribution in [0.25, 0.3) is 0 Å². The predicted octanol–water partition coefficient (Wildman–Crippen LogP) is 4.33. The van der Waals surface area contributed by atoms with E-state index >= 15 is 0 Å². The molecule has 2 aliphatic heterocycles. The average molecular weight is 601 g/mol. The number of fused-ring (bicyclic) bond motifs is 6. The molecular weight excluding hydrogens is 552 g/mol. The Hall–Kier alpha value is -1.97. The van der Waals surface area contributed by atoms with E-state index in [-0.39, 0.29) is 23.9 Å². The molecule has 6 rings (SSSR count). The van der Waals surface area contributed by atoms with Crippen molar-refractivity contribution in [3.63, 3.8) is 0 Å². The highest BCUT2D eigenvalue weighted by Crippen LogP contribution is 2.59. The third-order valence-electron chi connectivity index (χ3n) is 12.0. The van der Waals surface area contributed by atoms with Crippen LogP contribution in [0.1, 0.15) is 98.8 Å². The van der Waals surface area contributed by atoms with E-state index in [2.05, 4.69) is 33.0 Å². The molecule has 9 heteroatoms. The quantitative estimate of drug-likeness (QED) is 0.241. The van der Waals surface area contributed by atoms with Gasteiger partial charge in [0.2, 0.25) is 0 Å². The Morgan fingerprint density at radius 2 is 1.26 bits per heavy atom. The largest absolute Gasteiger partial charge is 0.454 e. The Kier molecular flexibility index (Phi) is 7.38. The topological polar surface area (TPSA) is 108 Å². The second kappa shape index (κ2) is 10.3. The third-order valence-corrected chi connectivity index (χ3v) is 12.4. The van der Waals surface area contributed by atoms with E-state index in [0.717, 1.165) is 62.5 Å². The van der Waals surface area contributed by atoms with Crippen LogP contribution in [0.3, 0.4) is 0 Å². The summed E-state index contributed by atoms with van der Waals surface area (Å²) >= 11 is 5.77. The van der Waals surface area contributed by atoms with Crippen molar-refractivity contribution in [2.45, 2.75) is 122 Å². The first kappa shape index (κ1) is 30.1. The number of hydrogen-bond donors (Lipinski definition) is 3. The van der Waals surface area contributed by atoms with Crippen LogP contribution in [0.4, 0.5) is 0 Å². The van der Waals surface area contributed by atoms with Gasteiger partial charge in [0.25, 0.3) is 0 Å². The normalized spacial score (nSPS) is 42.7. The van der Waals surface area contributed by atoms with Crippen LogP contribution in [0.5, 0.6) is 0 Å². The van der Waals surface area contributed by atoms with E-state index in [0.29, 0.717) is 24.5 Å². The van der Waals surface area contributed by atoms with Gasteiger partial charge in [-0.05, 0) is 119 Å². The average Bonchev–Trinajstić information content (AvgIpc) is 3.32. The standard InChI is InChI=1S/C33H48N2O6S/c1-6-34-29(42)35(17-21-27(36)40-25-23-19(2)9-7-11-30(23,4)13-15-32(21,25)38)18-22-28(37)41-26-24-20(3)10-8-12-31(24,5)14-16-33(22,26)39/h21-22,25-26,38-39H,6-18H2,1-5H3,(H,34,42)/t21?,22?,25-,26+,30+,31-,32?,33?. The van der Waals surface area contributed by atoms with Crippen LogP contribution in [0.2, 0.25) is 0 Å². The van der Waals surface area contributed by atoms with E-state index in [1.54, 1.807) is 4.90 Å². The highest BCUT2D eigenvalue weighted by atomic mass is 32.1. The predicted molar refractivity (Wildman–Crippen MR) is 162 cm³/mol. The summed E-state index contributed by atoms with van der Waals surface area (Å²) in [6.45, 7) is 11.4. The Morgan fingerprint density at radius 1 is 0.833 bits per heavy atom. The zero-order valence-electron chi connectivity index (χ0n) is 25.9. The Labute approximate surface area is 255 Å². The van der Waals surface area contributed by atoms with Crippen molar-refractivity contribution in [2.24, 2.45) is 22.7 Å². The summed E-state index contributed by atoms with van der Waals surface area (Å²) in [5, 5.41) is 28.0. The van der Waals surface area contributed by atoms with Gasteiger partial charge in [-0.2, -0.15) is 0 Å². The third kappa shape index (κ3) is 4.39. The first-order chi connectivity index (χ1) is 19.8. The lowest BCUT2D eigenvalue weighted by molar-refractivity contribution is -0.144. The molecule has 0 aromatic carbocycles. The molecule has 42 heavy (non-hydrogen) atoms. The van der Waals surface area contributed by atoms with Gasteiger partial charge < -0.3 is 29.9 Å². The molecule has 4 unspecified atom stereocenters. The van der Waals surface area contributed by atoms with Gasteiger partial charge in [0.15, 0.2) is 17.3 Å². The number of aliphatic hydroxyl groups is 2. The SMILES string of the molecule is CCNC(=S)N(CC1C(=O)O[C@@H]2C3=C(C)CCC[C@@]3(C)CCC12O)CC1C(=O)O[C@H]2C3=C(C)CCC[C@]3(C)CCC12O. The zero-order valence-corrected chi connectivity index (χ0v) is 26.7. The number of thiocarbonyl (C=S) groups is 1. The maximum absolute atomic E-state index is 13.5. The summed E-state index contributed by atoms with van der Waals surface area (Å²) in [7, 11) is 0. The van der Waals surface area contributed by atoms with Crippen molar-refractivity contribution in [3.8, 4) is 0 Å². The van der Waals surface area contributed by atoms with Gasteiger partial charge in [0.1, 0.15) is 23.0 Å². The number of rotatable bonds is 5. The van der Waals surface area contributed by atoms with Gasteiger partial charge >= 0.3 is 11.9 Å². The van der Waals surface area contributed by atoms with Crippen molar-refractivity contribution in [3.05, 3.63) is 22.3 Å². The fourth-order valence-electron chi connectivity index (χ4n) is 9.62. The molecule has 6 aliphatic rings. The van der Waals surface area contributed by atoms with Gasteiger partial charge in [-0.25, -0.2) is 0 Å². The van der Waals surface area contributed by atoms with Gasteiger partial charge in [0.05, 0.1) is 0 Å². The molecule has 0 aromatic rings. The molecule has 2 saturated heterocycles. The minimum Gasteiger partial charge on any atom is -0.454 e. The van der Waals surface area contributed by atoms with Crippen LogP contribution in [-0.4, -0.2) is 75.2 Å². The smallest absolute Gasteiger partial charge is 0.314 e. The molecule has 2 heterocycles. The van der Waals surface area contributed by atoms with Crippen molar-refractivity contribution >= 4 is 29.3 Å². The highest BCUT2D eigenvalue weighted by Gasteiger charge is 2.65. The number of allylic oxidation sites excluding steroid dienone is 2. The number of carbonyl (C=O) groups is 2. The molecule has 4 fully saturated rings. The summed E-state index contributed by atoms with van der Waals surface area (Å²) in [4.78, 5) is 28.8. The van der Waals surface area contributed by atoms with Crippen molar-refractivity contribution < 1.29 is 29.3 Å². The van der Waals surface area contributed by atoms with E-state index in [1.807, 2.05) is 6.92 Å². The second-order valence-corrected chi connectivity index (χ2v) is 15.1. The molecule has 2 saturated carbocycles. The van der Waals surface area contributed by atoms with Crippen LogP contribution in [0, 0.1) is 22.7 Å². The lowest BCUT2D eigenvalue weighted by atomic mass is 9.57. The van der Waals surface area contributed by atoms with E-state index in [4.69, 9.17) is 21.7 Å². The first-order valence-electron chi connectivity index (χ1n) is 16.1. The van der Waals surface area contributed by atoms with Gasteiger partial charge in [0, 0.05) is 19.6 Å². The summed E-state index contributed by atoms with van der Waals surface area (Å²) in [5.74, 6) is -2.51. The molecule has 0 spiro atoms. The highest BCUT2D eigenvalue weighted by molar-refractivity contribution is 7.80. The molecule has 0 aromatic heterocycles. The minimum atomic E-state index is -1.35. The maximum Gasteiger partial charge on any atom is 0.314 e. The Bertz CT molecular complexity index is 1180. The molecule has 0 bridgehead atoms. The fraction of sp³-hybridized carbons (Fsp3) is 0.788. The number of carbonyl (C=O) groups excluding carboxylic acids is 2. The van der Waals surface area contributed by atoms with E-state index < -0.39 is 47.2 Å². The molecule has 0 radical (unpaired) electrons.